The summed E-state index contributed by atoms with van der Waals surface area (Å²) < 4.78 is 16.5. The number of rotatable bonds is 9. The number of carbonyl (C=O) groups is 1. The van der Waals surface area contributed by atoms with E-state index in [1.807, 2.05) is 60.7 Å². The summed E-state index contributed by atoms with van der Waals surface area (Å²) in [5.74, 6) is 3.08. The molecule has 1 unspecified atom stereocenters. The van der Waals surface area contributed by atoms with E-state index < -0.39 is 0 Å². The van der Waals surface area contributed by atoms with Gasteiger partial charge >= 0.3 is 0 Å². The lowest BCUT2D eigenvalue weighted by Crippen LogP contribution is -2.29. The molecule has 0 bridgehead atoms. The number of carbonyl (C=O) groups excluding carboxylic acids is 1. The van der Waals surface area contributed by atoms with Crippen molar-refractivity contribution in [3.63, 3.8) is 0 Å². The van der Waals surface area contributed by atoms with Gasteiger partial charge in [-0.3, -0.25) is 4.79 Å². The Morgan fingerprint density at radius 3 is 2.38 bits per heavy atom. The number of benzene rings is 3. The molecule has 1 aliphatic heterocycles. The molecule has 0 aromatic heterocycles. The molecule has 0 spiro atoms. The van der Waals surface area contributed by atoms with Crippen molar-refractivity contribution < 1.29 is 19.0 Å². The maximum atomic E-state index is 13.4. The minimum Gasteiger partial charge on any atom is -0.497 e. The van der Waals surface area contributed by atoms with Gasteiger partial charge in [-0.1, -0.05) is 42.5 Å². The highest BCUT2D eigenvalue weighted by Crippen LogP contribution is 2.42. The Morgan fingerprint density at radius 2 is 1.71 bits per heavy atom. The van der Waals surface area contributed by atoms with Crippen LogP contribution < -0.4 is 14.2 Å². The van der Waals surface area contributed by atoms with Crippen LogP contribution in [0.2, 0.25) is 0 Å². The SMILES string of the molecule is COc1ccc(C2=NN(C(=O)CSCc3ccccc3)C(c3cccc(OC)c3OC)C2)cc1. The highest BCUT2D eigenvalue weighted by Gasteiger charge is 2.35. The highest BCUT2D eigenvalue weighted by molar-refractivity contribution is 7.99. The topological polar surface area (TPSA) is 60.4 Å². The van der Waals surface area contributed by atoms with Gasteiger partial charge in [0, 0.05) is 17.7 Å². The fraction of sp³-hybridized carbons (Fsp3) is 0.259. The maximum absolute atomic E-state index is 13.4. The summed E-state index contributed by atoms with van der Waals surface area (Å²) in [5.41, 5.74) is 3.87. The maximum Gasteiger partial charge on any atom is 0.253 e. The minimum atomic E-state index is -0.285. The van der Waals surface area contributed by atoms with E-state index in [0.717, 1.165) is 28.3 Å². The average molecular weight is 477 g/mol. The molecule has 0 fully saturated rings. The molecule has 0 aliphatic carbocycles. The van der Waals surface area contributed by atoms with Gasteiger partial charge in [-0.15, -0.1) is 11.8 Å². The number of hydrogen-bond acceptors (Lipinski definition) is 6. The molecule has 0 N–H and O–H groups in total. The molecule has 1 atom stereocenters. The summed E-state index contributed by atoms with van der Waals surface area (Å²) in [5, 5.41) is 6.38. The van der Waals surface area contributed by atoms with Gasteiger partial charge < -0.3 is 14.2 Å². The van der Waals surface area contributed by atoms with Crippen LogP contribution in [0.25, 0.3) is 0 Å². The van der Waals surface area contributed by atoms with Crippen molar-refractivity contribution >= 4 is 23.4 Å². The van der Waals surface area contributed by atoms with Crippen LogP contribution in [0.3, 0.4) is 0 Å². The number of methoxy groups -OCH3 is 3. The lowest BCUT2D eigenvalue weighted by atomic mass is 9.97. The fourth-order valence-electron chi connectivity index (χ4n) is 4.01. The first kappa shape index (κ1) is 23.7. The van der Waals surface area contributed by atoms with Gasteiger partial charge in [0.05, 0.1) is 38.8 Å². The van der Waals surface area contributed by atoms with E-state index in [2.05, 4.69) is 12.1 Å². The third-order valence-corrected chi connectivity index (χ3v) is 6.71. The minimum absolute atomic E-state index is 0.0423. The molecule has 176 valence electrons. The molecule has 0 saturated heterocycles. The Labute approximate surface area is 204 Å². The lowest BCUT2D eigenvalue weighted by molar-refractivity contribution is -0.130. The van der Waals surface area contributed by atoms with Crippen LogP contribution in [-0.2, 0) is 10.5 Å². The molecule has 1 aliphatic rings. The number of nitrogens with zero attached hydrogens (tertiary/aromatic N) is 2. The van der Waals surface area contributed by atoms with Gasteiger partial charge in [0.1, 0.15) is 5.75 Å². The first-order chi connectivity index (χ1) is 16.6. The third kappa shape index (κ3) is 5.20. The fourth-order valence-corrected chi connectivity index (χ4v) is 4.85. The second kappa shape index (κ2) is 11.1. The number of thioether (sulfide) groups is 1. The van der Waals surface area contributed by atoms with Crippen LogP contribution in [0.1, 0.15) is 29.2 Å². The molecular weight excluding hydrogens is 448 g/mol. The van der Waals surface area contributed by atoms with Crippen molar-refractivity contribution in [3.8, 4) is 17.2 Å². The van der Waals surface area contributed by atoms with Crippen LogP contribution in [0, 0.1) is 0 Å². The van der Waals surface area contributed by atoms with Gasteiger partial charge in [-0.25, -0.2) is 5.01 Å². The van der Waals surface area contributed by atoms with Crippen molar-refractivity contribution in [3.05, 3.63) is 89.5 Å². The summed E-state index contributed by atoms with van der Waals surface area (Å²) >= 11 is 1.59. The number of ether oxygens (including phenoxy) is 3. The van der Waals surface area contributed by atoms with Crippen LogP contribution in [0.4, 0.5) is 0 Å². The predicted octanol–water partition coefficient (Wildman–Crippen LogP) is 5.32. The molecule has 0 radical (unpaired) electrons. The smallest absolute Gasteiger partial charge is 0.253 e. The molecular formula is C27H28N2O4S. The van der Waals surface area contributed by atoms with E-state index in [-0.39, 0.29) is 11.9 Å². The number of amides is 1. The zero-order chi connectivity index (χ0) is 23.9. The van der Waals surface area contributed by atoms with Gasteiger partial charge in [0.2, 0.25) is 0 Å². The summed E-state index contributed by atoms with van der Waals surface area (Å²) in [6.45, 7) is 0. The molecule has 34 heavy (non-hydrogen) atoms. The lowest BCUT2D eigenvalue weighted by Gasteiger charge is -2.24. The molecule has 3 aromatic rings. The van der Waals surface area contributed by atoms with E-state index in [1.165, 1.54) is 5.56 Å². The second-order valence-electron chi connectivity index (χ2n) is 7.79. The first-order valence-electron chi connectivity index (χ1n) is 11.0. The molecule has 3 aromatic carbocycles. The standard InChI is InChI=1S/C27H28N2O4S/c1-31-21-14-12-20(13-15-21)23-16-24(22-10-7-11-25(32-2)27(22)33-3)29(28-23)26(30)18-34-17-19-8-5-4-6-9-19/h4-15,24H,16-18H2,1-3H3. The second-order valence-corrected chi connectivity index (χ2v) is 8.78. The average Bonchev–Trinajstić information content (AvgIpc) is 3.34. The largest absolute Gasteiger partial charge is 0.497 e. The van der Waals surface area contributed by atoms with E-state index >= 15 is 0 Å². The van der Waals surface area contributed by atoms with Gasteiger partial charge in [0.25, 0.3) is 5.91 Å². The van der Waals surface area contributed by atoms with Gasteiger partial charge in [0.15, 0.2) is 11.5 Å². The quantitative estimate of drug-likeness (QED) is 0.418. The molecule has 7 heteroatoms. The monoisotopic (exact) mass is 476 g/mol. The summed E-state index contributed by atoms with van der Waals surface area (Å²) in [6, 6.07) is 23.3. The van der Waals surface area contributed by atoms with Gasteiger partial charge in [-0.2, -0.15) is 5.10 Å². The zero-order valence-electron chi connectivity index (χ0n) is 19.6. The summed E-state index contributed by atoms with van der Waals surface area (Å²) in [4.78, 5) is 13.4. The van der Waals surface area contributed by atoms with Crippen molar-refractivity contribution in [2.24, 2.45) is 5.10 Å². The van der Waals surface area contributed by atoms with E-state index in [4.69, 9.17) is 19.3 Å². The summed E-state index contributed by atoms with van der Waals surface area (Å²) in [6.07, 6.45) is 0.574. The molecule has 1 amide bonds. The third-order valence-electron chi connectivity index (χ3n) is 5.72. The number of para-hydroxylation sites is 1. The first-order valence-corrected chi connectivity index (χ1v) is 12.2. The molecule has 6 nitrogen and oxygen atoms in total. The van der Waals surface area contributed by atoms with Crippen molar-refractivity contribution in [1.29, 1.82) is 0 Å². The summed E-state index contributed by atoms with van der Waals surface area (Å²) in [7, 11) is 4.86. The van der Waals surface area contributed by atoms with Crippen molar-refractivity contribution in [2.45, 2.75) is 18.2 Å². The Morgan fingerprint density at radius 1 is 0.941 bits per heavy atom. The van der Waals surface area contributed by atoms with Crippen molar-refractivity contribution in [1.82, 2.24) is 5.01 Å². The highest BCUT2D eigenvalue weighted by atomic mass is 32.2. The molecule has 4 rings (SSSR count). The normalized spacial score (nSPS) is 15.1. The Bertz CT molecular complexity index is 1150. The van der Waals surface area contributed by atoms with Crippen LogP contribution in [0.5, 0.6) is 17.2 Å². The zero-order valence-corrected chi connectivity index (χ0v) is 20.4. The van der Waals surface area contributed by atoms with Crippen LogP contribution in [-0.4, -0.2) is 43.7 Å². The number of hydrogen-bond donors (Lipinski definition) is 0. The molecule has 1 heterocycles. The van der Waals surface area contributed by atoms with E-state index in [9.17, 15) is 4.79 Å². The Kier molecular flexibility index (Phi) is 7.75. The van der Waals surface area contributed by atoms with E-state index in [0.29, 0.717) is 23.7 Å². The Hall–Kier alpha value is -3.45. The van der Waals surface area contributed by atoms with Crippen LogP contribution >= 0.6 is 11.8 Å². The van der Waals surface area contributed by atoms with Gasteiger partial charge in [-0.05, 0) is 41.5 Å². The van der Waals surface area contributed by atoms with Crippen molar-refractivity contribution in [2.75, 3.05) is 27.1 Å². The molecule has 0 saturated carbocycles. The Balaban J connectivity index is 1.60. The van der Waals surface area contributed by atoms with E-state index in [1.54, 1.807) is 38.1 Å². The van der Waals surface area contributed by atoms with Crippen LogP contribution in [0.15, 0.2) is 77.9 Å². The predicted molar refractivity (Wildman–Crippen MR) is 136 cm³/mol. The number of hydrazone groups is 1.